The van der Waals surface area contributed by atoms with E-state index in [1.54, 1.807) is 6.07 Å². The van der Waals surface area contributed by atoms with Crippen LogP contribution in [0.5, 0.6) is 0 Å². The Morgan fingerprint density at radius 3 is 2.13 bits per heavy atom. The number of halogens is 3. The average Bonchev–Trinajstić information content (AvgIpc) is 2.96. The van der Waals surface area contributed by atoms with Crippen molar-refractivity contribution in [3.63, 3.8) is 0 Å². The van der Waals surface area contributed by atoms with Crippen LogP contribution in [0.2, 0.25) is 0 Å². The van der Waals surface area contributed by atoms with Crippen molar-refractivity contribution in [2.24, 2.45) is 0 Å². The van der Waals surface area contributed by atoms with Crippen LogP contribution in [0.4, 0.5) is 24.0 Å². The van der Waals surface area contributed by atoms with Crippen LogP contribution >= 0.6 is 11.3 Å². The van der Waals surface area contributed by atoms with Crippen LogP contribution in [-0.2, 0) is 4.79 Å². The van der Waals surface area contributed by atoms with Gasteiger partial charge in [0.1, 0.15) is 0 Å². The van der Waals surface area contributed by atoms with Gasteiger partial charge in [0, 0.05) is 11.3 Å². The molecule has 30 heavy (non-hydrogen) atoms. The van der Waals surface area contributed by atoms with E-state index in [9.17, 15) is 18.0 Å². The molecule has 10 heteroatoms. The standard InChI is InChI=1S/C17H17N3OS.C2HF3O2.CH4/c1-9-6-10(2)15(11(3)7-9)20-16(21)12-4-5-13-14(8-12)22-17(18)19-13;3-2(4,5)1(6)7;/h4-8H,1-3H3,(H2,18,19)(H,20,21);(H,6,7);1H4. The minimum absolute atomic E-state index is 0. The number of anilines is 2. The molecule has 0 radical (unpaired) electrons. The van der Waals surface area contributed by atoms with Gasteiger partial charge >= 0.3 is 12.1 Å². The second-order valence-corrected chi connectivity index (χ2v) is 7.33. The Hall–Kier alpha value is -3.14. The minimum Gasteiger partial charge on any atom is -0.475 e. The van der Waals surface area contributed by atoms with Crippen molar-refractivity contribution >= 4 is 44.2 Å². The van der Waals surface area contributed by atoms with Gasteiger partial charge in [-0.2, -0.15) is 13.2 Å². The number of amides is 1. The van der Waals surface area contributed by atoms with Crippen LogP contribution in [-0.4, -0.2) is 28.1 Å². The van der Waals surface area contributed by atoms with E-state index in [1.807, 2.05) is 32.9 Å². The summed E-state index contributed by atoms with van der Waals surface area (Å²) < 4.78 is 32.7. The van der Waals surface area contributed by atoms with Crippen LogP contribution in [0.3, 0.4) is 0 Å². The SMILES string of the molecule is C.Cc1cc(C)c(NC(=O)c2ccc3nc(N)sc3c2)c(C)c1.O=C(O)C(F)(F)F. The number of hydrogen-bond donors (Lipinski definition) is 3. The molecule has 1 heterocycles. The van der Waals surface area contributed by atoms with Crippen molar-refractivity contribution in [2.75, 3.05) is 11.1 Å². The molecule has 162 valence electrons. The number of thiazole rings is 1. The van der Waals surface area contributed by atoms with Gasteiger partial charge < -0.3 is 16.2 Å². The number of alkyl halides is 3. The molecule has 4 N–H and O–H groups in total. The van der Waals surface area contributed by atoms with Crippen LogP contribution in [0.1, 0.15) is 34.5 Å². The number of aromatic nitrogens is 1. The Bertz CT molecular complexity index is 1060. The molecule has 1 amide bonds. The molecule has 0 fully saturated rings. The Balaban J connectivity index is 0.000000489. The zero-order chi connectivity index (χ0) is 21.9. The first-order valence-corrected chi connectivity index (χ1v) is 9.05. The summed E-state index contributed by atoms with van der Waals surface area (Å²) in [6.07, 6.45) is -5.08. The topological polar surface area (TPSA) is 105 Å². The Morgan fingerprint density at radius 1 is 1.10 bits per heavy atom. The highest BCUT2D eigenvalue weighted by Gasteiger charge is 2.38. The van der Waals surface area contributed by atoms with Gasteiger partial charge in [-0.25, -0.2) is 9.78 Å². The molecule has 0 bridgehead atoms. The molecule has 0 atom stereocenters. The van der Waals surface area contributed by atoms with Gasteiger partial charge in [-0.1, -0.05) is 36.5 Å². The molecule has 3 aromatic rings. The molecule has 6 nitrogen and oxygen atoms in total. The monoisotopic (exact) mass is 441 g/mol. The van der Waals surface area contributed by atoms with E-state index in [0.717, 1.165) is 27.0 Å². The third-order valence-electron chi connectivity index (χ3n) is 3.83. The maximum absolute atomic E-state index is 12.5. The maximum atomic E-state index is 12.5. The number of nitrogens with two attached hydrogens (primary N) is 1. The molecule has 0 saturated heterocycles. The molecule has 0 aliphatic heterocycles. The number of carboxylic acids is 1. The van der Waals surface area contributed by atoms with Gasteiger partial charge in [-0.15, -0.1) is 0 Å². The number of carbonyl (C=O) groups excluding carboxylic acids is 1. The van der Waals surface area contributed by atoms with E-state index in [4.69, 9.17) is 15.6 Å². The molecule has 0 aliphatic carbocycles. The normalized spacial score (nSPS) is 10.6. The summed E-state index contributed by atoms with van der Waals surface area (Å²) in [5.41, 5.74) is 11.3. The molecule has 0 saturated carbocycles. The lowest BCUT2D eigenvalue weighted by Crippen LogP contribution is -2.21. The van der Waals surface area contributed by atoms with Gasteiger partial charge in [0.25, 0.3) is 5.91 Å². The molecule has 0 aliphatic rings. The van der Waals surface area contributed by atoms with Crippen molar-refractivity contribution in [1.29, 1.82) is 0 Å². The number of aliphatic carboxylic acids is 1. The fraction of sp³-hybridized carbons (Fsp3) is 0.250. The van der Waals surface area contributed by atoms with E-state index in [1.165, 1.54) is 16.9 Å². The van der Waals surface area contributed by atoms with Gasteiger partial charge in [0.05, 0.1) is 10.2 Å². The third kappa shape index (κ3) is 6.18. The summed E-state index contributed by atoms with van der Waals surface area (Å²) in [6, 6.07) is 9.56. The fourth-order valence-electron chi connectivity index (χ4n) is 2.65. The quantitative estimate of drug-likeness (QED) is 0.499. The Morgan fingerprint density at radius 2 is 1.63 bits per heavy atom. The Labute approximate surface area is 175 Å². The van der Waals surface area contributed by atoms with E-state index in [2.05, 4.69) is 22.4 Å². The van der Waals surface area contributed by atoms with E-state index < -0.39 is 12.1 Å². The van der Waals surface area contributed by atoms with Gasteiger partial charge in [0.15, 0.2) is 5.13 Å². The number of nitrogens with one attached hydrogen (secondary N) is 1. The van der Waals surface area contributed by atoms with Crippen LogP contribution in [0.25, 0.3) is 10.2 Å². The second-order valence-electron chi connectivity index (χ2n) is 6.27. The van der Waals surface area contributed by atoms with Crippen molar-refractivity contribution in [3.8, 4) is 0 Å². The number of rotatable bonds is 2. The first-order valence-electron chi connectivity index (χ1n) is 8.24. The third-order valence-corrected chi connectivity index (χ3v) is 4.67. The van der Waals surface area contributed by atoms with E-state index in [-0.39, 0.29) is 13.3 Å². The van der Waals surface area contributed by atoms with E-state index >= 15 is 0 Å². The van der Waals surface area contributed by atoms with Gasteiger partial charge in [-0.3, -0.25) is 4.79 Å². The van der Waals surface area contributed by atoms with Crippen LogP contribution in [0.15, 0.2) is 30.3 Å². The lowest BCUT2D eigenvalue weighted by Gasteiger charge is -2.12. The number of benzene rings is 2. The number of carbonyl (C=O) groups is 2. The fourth-order valence-corrected chi connectivity index (χ4v) is 3.42. The number of carboxylic acid groups (broad SMARTS) is 1. The summed E-state index contributed by atoms with van der Waals surface area (Å²) in [6.45, 7) is 6.05. The highest BCUT2D eigenvalue weighted by Crippen LogP contribution is 2.26. The zero-order valence-corrected chi connectivity index (χ0v) is 16.5. The van der Waals surface area contributed by atoms with Crippen molar-refractivity contribution in [2.45, 2.75) is 34.4 Å². The van der Waals surface area contributed by atoms with Gasteiger partial charge in [0.2, 0.25) is 0 Å². The largest absolute Gasteiger partial charge is 0.490 e. The maximum Gasteiger partial charge on any atom is 0.490 e. The molecule has 1 aromatic heterocycles. The van der Waals surface area contributed by atoms with Crippen molar-refractivity contribution < 1.29 is 27.9 Å². The van der Waals surface area contributed by atoms with Crippen LogP contribution < -0.4 is 11.1 Å². The lowest BCUT2D eigenvalue weighted by molar-refractivity contribution is -0.192. The molecular formula is C20H22F3N3O3S. The van der Waals surface area contributed by atoms with Gasteiger partial charge in [-0.05, 0) is 50.1 Å². The van der Waals surface area contributed by atoms with E-state index in [0.29, 0.717) is 10.7 Å². The smallest absolute Gasteiger partial charge is 0.475 e. The second kappa shape index (κ2) is 9.57. The first kappa shape index (κ1) is 24.9. The predicted molar refractivity (Wildman–Crippen MR) is 113 cm³/mol. The predicted octanol–water partition coefficient (Wildman–Crippen LogP) is 5.33. The number of aryl methyl sites for hydroxylation is 3. The van der Waals surface area contributed by atoms with Crippen molar-refractivity contribution in [1.82, 2.24) is 4.98 Å². The number of hydrogen-bond acceptors (Lipinski definition) is 5. The minimum atomic E-state index is -5.08. The molecular weight excluding hydrogens is 419 g/mol. The first-order chi connectivity index (χ1) is 13.4. The van der Waals surface area contributed by atoms with Crippen LogP contribution in [0, 0.1) is 20.8 Å². The zero-order valence-electron chi connectivity index (χ0n) is 15.7. The highest BCUT2D eigenvalue weighted by atomic mass is 32.1. The summed E-state index contributed by atoms with van der Waals surface area (Å²) >= 11 is 1.38. The number of fused-ring (bicyclic) bond motifs is 1. The average molecular weight is 441 g/mol. The number of nitrogens with zero attached hydrogens (tertiary/aromatic N) is 1. The summed E-state index contributed by atoms with van der Waals surface area (Å²) in [5, 5.41) is 10.6. The number of nitrogen functional groups attached to an aromatic ring is 1. The molecule has 0 spiro atoms. The molecule has 2 aromatic carbocycles. The Kier molecular flexibility index (Phi) is 7.94. The molecule has 0 unspecified atom stereocenters. The summed E-state index contributed by atoms with van der Waals surface area (Å²) in [5.74, 6) is -2.88. The summed E-state index contributed by atoms with van der Waals surface area (Å²) in [7, 11) is 0. The summed E-state index contributed by atoms with van der Waals surface area (Å²) in [4.78, 5) is 25.6. The highest BCUT2D eigenvalue weighted by molar-refractivity contribution is 7.22. The van der Waals surface area contributed by atoms with Crippen molar-refractivity contribution in [3.05, 3.63) is 52.6 Å². The lowest BCUT2D eigenvalue weighted by atomic mass is 10.0. The molecule has 3 rings (SSSR count).